The molecule has 1 aromatic heterocycles. The summed E-state index contributed by atoms with van der Waals surface area (Å²) in [4.78, 5) is 12.5. The molecule has 0 atom stereocenters. The first-order valence-corrected chi connectivity index (χ1v) is 8.58. The number of aromatic nitrogens is 2. The summed E-state index contributed by atoms with van der Waals surface area (Å²) in [6, 6.07) is 5.94. The highest BCUT2D eigenvalue weighted by molar-refractivity contribution is 5.80. The average molecular weight is 328 g/mol. The molecule has 2 aromatic rings. The van der Waals surface area contributed by atoms with Crippen LogP contribution in [0.4, 0.5) is 0 Å². The monoisotopic (exact) mass is 328 g/mol. The number of nitrogens with zero attached hydrogens (tertiary/aromatic N) is 2. The molecule has 0 unspecified atom stereocenters. The van der Waals surface area contributed by atoms with Crippen molar-refractivity contribution in [2.75, 3.05) is 6.61 Å². The second kappa shape index (κ2) is 7.65. The Labute approximate surface area is 144 Å². The molecule has 2 rings (SSSR count). The molecular weight excluding hydrogens is 300 g/mol. The van der Waals surface area contributed by atoms with Gasteiger partial charge in [0.15, 0.2) is 6.61 Å². The zero-order valence-electron chi connectivity index (χ0n) is 15.6. The van der Waals surface area contributed by atoms with Gasteiger partial charge in [0.1, 0.15) is 5.75 Å². The number of benzene rings is 1. The van der Waals surface area contributed by atoms with E-state index in [2.05, 4.69) is 18.9 Å². The van der Waals surface area contributed by atoms with Gasteiger partial charge >= 0.3 is 0 Å². The van der Waals surface area contributed by atoms with Gasteiger partial charge in [-0.15, -0.1) is 0 Å². The van der Waals surface area contributed by atoms with Crippen LogP contribution in [0.3, 0.4) is 0 Å². The van der Waals surface area contributed by atoms with Crippen LogP contribution in [-0.2, 0) is 6.42 Å². The van der Waals surface area contributed by atoms with Crippen LogP contribution in [0.5, 0.6) is 5.75 Å². The molecule has 0 aliphatic heterocycles. The second-order valence-corrected chi connectivity index (χ2v) is 6.95. The molecule has 0 fully saturated rings. The maximum Gasteiger partial charge on any atom is 0.284 e. The van der Waals surface area contributed by atoms with Crippen LogP contribution in [0.25, 0.3) is 0 Å². The van der Waals surface area contributed by atoms with Gasteiger partial charge < -0.3 is 4.74 Å². The summed E-state index contributed by atoms with van der Waals surface area (Å²) in [5.41, 5.74) is 5.27. The Kier molecular flexibility index (Phi) is 5.81. The van der Waals surface area contributed by atoms with E-state index in [0.29, 0.717) is 5.92 Å². The van der Waals surface area contributed by atoms with E-state index >= 15 is 0 Å². The van der Waals surface area contributed by atoms with E-state index in [-0.39, 0.29) is 12.5 Å². The summed E-state index contributed by atoms with van der Waals surface area (Å²) < 4.78 is 7.19. The largest absolute Gasteiger partial charge is 0.483 e. The molecular formula is C20H28N2O2. The molecule has 0 saturated carbocycles. The first-order chi connectivity index (χ1) is 11.3. The molecule has 0 aliphatic rings. The van der Waals surface area contributed by atoms with E-state index < -0.39 is 0 Å². The fourth-order valence-corrected chi connectivity index (χ4v) is 2.87. The Balaban J connectivity index is 2.08. The highest BCUT2D eigenvalue weighted by Crippen LogP contribution is 2.20. The summed E-state index contributed by atoms with van der Waals surface area (Å²) in [6.45, 7) is 12.4. The van der Waals surface area contributed by atoms with Gasteiger partial charge in [0.05, 0.1) is 5.69 Å². The first kappa shape index (κ1) is 18.2. The van der Waals surface area contributed by atoms with Gasteiger partial charge in [-0.05, 0) is 63.6 Å². The third-order valence-electron chi connectivity index (χ3n) is 4.33. The molecule has 0 bridgehead atoms. The molecule has 4 nitrogen and oxygen atoms in total. The lowest BCUT2D eigenvalue weighted by Crippen LogP contribution is -2.22. The normalized spacial score (nSPS) is 11.1. The molecule has 0 aliphatic carbocycles. The van der Waals surface area contributed by atoms with Crippen molar-refractivity contribution in [2.45, 2.75) is 54.4 Å². The second-order valence-electron chi connectivity index (χ2n) is 6.95. The number of aryl methyl sites for hydroxylation is 3. The third kappa shape index (κ3) is 4.25. The van der Waals surface area contributed by atoms with Crippen LogP contribution in [0.1, 0.15) is 53.1 Å². The van der Waals surface area contributed by atoms with Gasteiger partial charge in [-0.25, -0.2) is 4.68 Å². The summed E-state index contributed by atoms with van der Waals surface area (Å²) >= 11 is 0. The first-order valence-electron chi connectivity index (χ1n) is 8.58. The van der Waals surface area contributed by atoms with Crippen LogP contribution in [0.15, 0.2) is 18.2 Å². The van der Waals surface area contributed by atoms with E-state index in [4.69, 9.17) is 4.74 Å². The minimum atomic E-state index is -0.133. The maximum absolute atomic E-state index is 12.5. The molecule has 4 heteroatoms. The van der Waals surface area contributed by atoms with Gasteiger partial charge in [-0.1, -0.05) is 31.5 Å². The van der Waals surface area contributed by atoms with Gasteiger partial charge in [0.2, 0.25) is 0 Å². The van der Waals surface area contributed by atoms with Crippen molar-refractivity contribution in [2.24, 2.45) is 5.92 Å². The van der Waals surface area contributed by atoms with Crippen molar-refractivity contribution in [3.8, 4) is 5.75 Å². The Morgan fingerprint density at radius 3 is 2.54 bits per heavy atom. The Morgan fingerprint density at radius 1 is 1.21 bits per heavy atom. The fraction of sp³-hybridized carbons (Fsp3) is 0.500. The molecule has 0 saturated heterocycles. The van der Waals surface area contributed by atoms with Crippen molar-refractivity contribution in [3.63, 3.8) is 0 Å². The summed E-state index contributed by atoms with van der Waals surface area (Å²) in [5, 5.41) is 4.42. The number of ether oxygens (including phenoxy) is 1. The number of hydrogen-bond acceptors (Lipinski definition) is 3. The van der Waals surface area contributed by atoms with Crippen molar-refractivity contribution >= 4 is 5.91 Å². The molecule has 0 N–H and O–H groups in total. The number of carbonyl (C=O) groups is 1. The van der Waals surface area contributed by atoms with E-state index in [1.54, 1.807) is 0 Å². The predicted molar refractivity (Wildman–Crippen MR) is 96.9 cm³/mol. The number of hydrogen-bond donors (Lipinski definition) is 0. The van der Waals surface area contributed by atoms with Gasteiger partial charge in [-0.3, -0.25) is 4.79 Å². The minimum Gasteiger partial charge on any atom is -0.483 e. The maximum atomic E-state index is 12.5. The Bertz CT molecular complexity index is 729. The van der Waals surface area contributed by atoms with Gasteiger partial charge in [0, 0.05) is 5.69 Å². The molecule has 0 spiro atoms. The molecule has 0 amide bonds. The summed E-state index contributed by atoms with van der Waals surface area (Å²) in [6.07, 6.45) is 2.06. The van der Waals surface area contributed by atoms with Crippen LogP contribution >= 0.6 is 0 Å². The number of carbonyl (C=O) groups excluding carboxylic acids is 1. The highest BCUT2D eigenvalue weighted by Gasteiger charge is 2.17. The summed E-state index contributed by atoms with van der Waals surface area (Å²) in [7, 11) is 0. The van der Waals surface area contributed by atoms with E-state index in [0.717, 1.165) is 35.5 Å². The average Bonchev–Trinajstić information content (AvgIpc) is 2.78. The fourth-order valence-electron chi connectivity index (χ4n) is 2.87. The van der Waals surface area contributed by atoms with Crippen LogP contribution < -0.4 is 4.74 Å². The van der Waals surface area contributed by atoms with E-state index in [1.165, 1.54) is 15.8 Å². The molecule has 130 valence electrons. The SMILES string of the molecule is Cc1ccc(OCC(=O)n2nc(C)c(CCC(C)C)c2C)c(C)c1. The lowest BCUT2D eigenvalue weighted by atomic mass is 10.0. The van der Waals surface area contributed by atoms with Crippen molar-refractivity contribution in [3.05, 3.63) is 46.3 Å². The zero-order chi connectivity index (χ0) is 17.9. The van der Waals surface area contributed by atoms with Crippen LogP contribution in [0.2, 0.25) is 0 Å². The Hall–Kier alpha value is -2.10. The topological polar surface area (TPSA) is 44.1 Å². The predicted octanol–water partition coefficient (Wildman–Crippen LogP) is 4.42. The van der Waals surface area contributed by atoms with Gasteiger partial charge in [-0.2, -0.15) is 5.10 Å². The standard InChI is InChI=1S/C20H28N2O2/c1-13(2)7-9-18-16(5)21-22(17(18)6)20(23)12-24-19-10-8-14(3)11-15(19)4/h8,10-11,13H,7,9,12H2,1-6H3. The zero-order valence-corrected chi connectivity index (χ0v) is 15.6. The summed E-state index contributed by atoms with van der Waals surface area (Å²) in [5.74, 6) is 1.25. The van der Waals surface area contributed by atoms with Crippen LogP contribution in [0, 0.1) is 33.6 Å². The minimum absolute atomic E-state index is 0.00448. The third-order valence-corrected chi connectivity index (χ3v) is 4.33. The van der Waals surface area contributed by atoms with Crippen molar-refractivity contribution in [1.82, 2.24) is 9.78 Å². The lowest BCUT2D eigenvalue weighted by Gasteiger charge is -2.10. The quantitative estimate of drug-likeness (QED) is 0.788. The molecule has 24 heavy (non-hydrogen) atoms. The number of rotatable bonds is 6. The van der Waals surface area contributed by atoms with Crippen molar-refractivity contribution < 1.29 is 9.53 Å². The molecule has 1 heterocycles. The smallest absolute Gasteiger partial charge is 0.284 e. The highest BCUT2D eigenvalue weighted by atomic mass is 16.5. The molecule has 0 radical (unpaired) electrons. The van der Waals surface area contributed by atoms with E-state index in [9.17, 15) is 4.79 Å². The van der Waals surface area contributed by atoms with E-state index in [1.807, 2.05) is 45.9 Å². The molecule has 1 aromatic carbocycles. The van der Waals surface area contributed by atoms with Crippen LogP contribution in [-0.4, -0.2) is 22.3 Å². The van der Waals surface area contributed by atoms with Gasteiger partial charge in [0.25, 0.3) is 5.91 Å². The Morgan fingerprint density at radius 2 is 1.92 bits per heavy atom. The lowest BCUT2D eigenvalue weighted by molar-refractivity contribution is 0.0817. The van der Waals surface area contributed by atoms with Crippen molar-refractivity contribution in [1.29, 1.82) is 0 Å².